The van der Waals surface area contributed by atoms with E-state index in [9.17, 15) is 0 Å². The average molecular weight is 262 g/mol. The average Bonchev–Trinajstić information content (AvgIpc) is 2.42. The maximum atomic E-state index is 8.66. The Labute approximate surface area is 115 Å². The summed E-state index contributed by atoms with van der Waals surface area (Å²) in [6.07, 6.45) is 0.855. The summed E-state index contributed by atoms with van der Waals surface area (Å²) in [5, 5.41) is 8.66. The molecular weight excluding hydrogens is 240 g/mol. The molecule has 1 aromatic carbocycles. The van der Waals surface area contributed by atoms with Crippen molar-refractivity contribution in [3.05, 3.63) is 35.4 Å². The van der Waals surface area contributed by atoms with Crippen LogP contribution >= 0.6 is 0 Å². The molecule has 0 saturated carbocycles. The molecule has 0 spiro atoms. The molecule has 0 aromatic heterocycles. The van der Waals surface area contributed by atoms with Crippen LogP contribution in [0, 0.1) is 11.8 Å². The minimum atomic E-state index is -0.144. The molecule has 0 aliphatic rings. The van der Waals surface area contributed by atoms with Crippen LogP contribution in [0.2, 0.25) is 0 Å². The zero-order valence-corrected chi connectivity index (χ0v) is 11.9. The van der Waals surface area contributed by atoms with Gasteiger partial charge in [0.25, 0.3) is 0 Å². The highest BCUT2D eigenvalue weighted by Gasteiger charge is 2.15. The van der Waals surface area contributed by atoms with Gasteiger partial charge in [-0.2, -0.15) is 0 Å². The van der Waals surface area contributed by atoms with Crippen molar-refractivity contribution in [3.63, 3.8) is 0 Å². The largest absolute Gasteiger partial charge is 0.384 e. The van der Waals surface area contributed by atoms with Crippen LogP contribution in [0.5, 0.6) is 0 Å². The van der Waals surface area contributed by atoms with E-state index in [1.54, 1.807) is 7.11 Å². The van der Waals surface area contributed by atoms with Gasteiger partial charge in [-0.05, 0) is 38.0 Å². The molecule has 1 aromatic rings. The van der Waals surface area contributed by atoms with Gasteiger partial charge in [0.05, 0.1) is 12.2 Å². The molecule has 104 valence electrons. The fraction of sp³-hybridized carbons (Fsp3) is 0.500. The quantitative estimate of drug-likeness (QED) is 0.632. The van der Waals surface area contributed by atoms with E-state index >= 15 is 0 Å². The summed E-state index contributed by atoms with van der Waals surface area (Å²) in [5.41, 5.74) is 1.83. The minimum absolute atomic E-state index is 0.118. The normalized spacial score (nSPS) is 10.9. The number of hydrogen-bond donors (Lipinski definition) is 1. The van der Waals surface area contributed by atoms with Crippen molar-refractivity contribution < 1.29 is 14.6 Å². The summed E-state index contributed by atoms with van der Waals surface area (Å²) in [6.45, 7) is 5.19. The SMILES string of the molecule is COC(C)(C)CCOCc1cccc(C#CCO)c1. The van der Waals surface area contributed by atoms with Crippen LogP contribution < -0.4 is 0 Å². The van der Waals surface area contributed by atoms with E-state index in [-0.39, 0.29) is 12.2 Å². The van der Waals surface area contributed by atoms with Crippen molar-refractivity contribution >= 4 is 0 Å². The summed E-state index contributed by atoms with van der Waals surface area (Å²) in [4.78, 5) is 0. The van der Waals surface area contributed by atoms with Crippen LogP contribution in [-0.4, -0.2) is 31.0 Å². The van der Waals surface area contributed by atoms with Crippen LogP contribution in [0.15, 0.2) is 24.3 Å². The van der Waals surface area contributed by atoms with E-state index in [0.29, 0.717) is 13.2 Å². The number of ether oxygens (including phenoxy) is 2. The zero-order valence-electron chi connectivity index (χ0n) is 11.9. The first-order chi connectivity index (χ1) is 9.07. The highest BCUT2D eigenvalue weighted by atomic mass is 16.5. The van der Waals surface area contributed by atoms with Gasteiger partial charge in [-0.15, -0.1) is 0 Å². The molecule has 19 heavy (non-hydrogen) atoms. The summed E-state index contributed by atoms with van der Waals surface area (Å²) >= 11 is 0. The Balaban J connectivity index is 2.41. The summed E-state index contributed by atoms with van der Waals surface area (Å²) in [7, 11) is 1.71. The van der Waals surface area contributed by atoms with Gasteiger partial charge in [0, 0.05) is 19.3 Å². The minimum Gasteiger partial charge on any atom is -0.384 e. The molecule has 0 aliphatic carbocycles. The lowest BCUT2D eigenvalue weighted by Crippen LogP contribution is -2.24. The van der Waals surface area contributed by atoms with Crippen molar-refractivity contribution in [1.29, 1.82) is 0 Å². The molecule has 0 fully saturated rings. The van der Waals surface area contributed by atoms with E-state index in [4.69, 9.17) is 14.6 Å². The maximum Gasteiger partial charge on any atom is 0.104 e. The highest BCUT2D eigenvalue weighted by Crippen LogP contribution is 2.13. The maximum absolute atomic E-state index is 8.66. The van der Waals surface area contributed by atoms with Crippen LogP contribution in [0.3, 0.4) is 0 Å². The number of aliphatic hydroxyl groups is 1. The second-order valence-corrected chi connectivity index (χ2v) is 4.93. The van der Waals surface area contributed by atoms with E-state index in [2.05, 4.69) is 11.8 Å². The van der Waals surface area contributed by atoms with Gasteiger partial charge in [0.15, 0.2) is 0 Å². The van der Waals surface area contributed by atoms with Crippen LogP contribution in [0.4, 0.5) is 0 Å². The van der Waals surface area contributed by atoms with E-state index in [1.165, 1.54) is 0 Å². The Hall–Kier alpha value is -1.34. The summed E-state index contributed by atoms with van der Waals surface area (Å²) in [6, 6.07) is 7.84. The molecular formula is C16H22O3. The summed E-state index contributed by atoms with van der Waals surface area (Å²) < 4.78 is 11.0. The fourth-order valence-electron chi connectivity index (χ4n) is 1.49. The van der Waals surface area contributed by atoms with Crippen molar-refractivity contribution in [2.45, 2.75) is 32.5 Å². The molecule has 0 saturated heterocycles. The molecule has 0 amide bonds. The predicted octanol–water partition coefficient (Wildman–Crippen LogP) is 2.36. The van der Waals surface area contributed by atoms with Crippen molar-refractivity contribution in [3.8, 4) is 11.8 Å². The number of rotatable bonds is 6. The Morgan fingerprint density at radius 1 is 1.32 bits per heavy atom. The van der Waals surface area contributed by atoms with E-state index in [0.717, 1.165) is 17.5 Å². The number of methoxy groups -OCH3 is 1. The third kappa shape index (κ3) is 6.40. The molecule has 0 radical (unpaired) electrons. The first-order valence-corrected chi connectivity index (χ1v) is 6.39. The molecule has 1 rings (SSSR count). The number of aliphatic hydroxyl groups excluding tert-OH is 1. The van der Waals surface area contributed by atoms with Crippen molar-refractivity contribution in [2.24, 2.45) is 0 Å². The fourth-order valence-corrected chi connectivity index (χ4v) is 1.49. The van der Waals surface area contributed by atoms with E-state index < -0.39 is 0 Å². The molecule has 1 N–H and O–H groups in total. The van der Waals surface area contributed by atoms with E-state index in [1.807, 2.05) is 38.1 Å². The van der Waals surface area contributed by atoms with Crippen molar-refractivity contribution in [1.82, 2.24) is 0 Å². The van der Waals surface area contributed by atoms with Gasteiger partial charge in [-0.25, -0.2) is 0 Å². The molecule has 3 nitrogen and oxygen atoms in total. The molecule has 0 bridgehead atoms. The standard InChI is InChI=1S/C16H22O3/c1-16(2,18-3)9-11-19-13-15-7-4-6-14(12-15)8-5-10-17/h4,6-7,12,17H,9-11,13H2,1-3H3. The molecule has 0 heterocycles. The van der Waals surface area contributed by atoms with Crippen molar-refractivity contribution in [2.75, 3.05) is 20.3 Å². The second kappa shape index (κ2) is 7.96. The van der Waals surface area contributed by atoms with Crippen LogP contribution in [0.1, 0.15) is 31.4 Å². The Morgan fingerprint density at radius 3 is 2.79 bits per heavy atom. The zero-order chi connectivity index (χ0) is 14.1. The number of hydrogen-bond acceptors (Lipinski definition) is 3. The predicted molar refractivity (Wildman–Crippen MR) is 75.8 cm³/mol. The van der Waals surface area contributed by atoms with Gasteiger partial charge < -0.3 is 14.6 Å². The summed E-state index contributed by atoms with van der Waals surface area (Å²) in [5.74, 6) is 5.52. The molecule has 0 aliphatic heterocycles. The van der Waals surface area contributed by atoms with Gasteiger partial charge in [0.1, 0.15) is 6.61 Å². The second-order valence-electron chi connectivity index (χ2n) is 4.93. The number of benzene rings is 1. The first-order valence-electron chi connectivity index (χ1n) is 6.39. The van der Waals surface area contributed by atoms with Crippen LogP contribution in [0.25, 0.3) is 0 Å². The third-order valence-corrected chi connectivity index (χ3v) is 2.91. The lowest BCUT2D eigenvalue weighted by Gasteiger charge is -2.22. The topological polar surface area (TPSA) is 38.7 Å². The molecule has 0 atom stereocenters. The Morgan fingerprint density at radius 2 is 2.11 bits per heavy atom. The first kappa shape index (κ1) is 15.7. The molecule has 0 unspecified atom stereocenters. The lowest BCUT2D eigenvalue weighted by atomic mass is 10.1. The Kier molecular flexibility index (Phi) is 6.58. The van der Waals surface area contributed by atoms with Crippen LogP contribution in [-0.2, 0) is 16.1 Å². The highest BCUT2D eigenvalue weighted by molar-refractivity contribution is 5.36. The van der Waals surface area contributed by atoms with Gasteiger partial charge in [0.2, 0.25) is 0 Å². The lowest BCUT2D eigenvalue weighted by molar-refractivity contribution is -0.0124. The van der Waals surface area contributed by atoms with Gasteiger partial charge in [-0.3, -0.25) is 0 Å². The van der Waals surface area contributed by atoms with Gasteiger partial charge >= 0.3 is 0 Å². The Bertz CT molecular complexity index is 441. The smallest absolute Gasteiger partial charge is 0.104 e. The monoisotopic (exact) mass is 262 g/mol. The van der Waals surface area contributed by atoms with Gasteiger partial charge in [-0.1, -0.05) is 24.0 Å². The third-order valence-electron chi connectivity index (χ3n) is 2.91. The molecule has 3 heteroatoms.